The Balaban J connectivity index is 1.45. The van der Waals surface area contributed by atoms with Crippen molar-refractivity contribution >= 4 is 22.9 Å². The molecule has 0 saturated carbocycles. The van der Waals surface area contributed by atoms with Gasteiger partial charge in [-0.25, -0.2) is 9.67 Å². The number of thiazole rings is 1. The molecule has 0 aliphatic heterocycles. The lowest BCUT2D eigenvalue weighted by Gasteiger charge is -2.12. The molecule has 6 heteroatoms. The molecule has 146 valence electrons. The van der Waals surface area contributed by atoms with Gasteiger partial charge in [-0.05, 0) is 37.6 Å². The van der Waals surface area contributed by atoms with Crippen molar-refractivity contribution in [2.24, 2.45) is 0 Å². The Kier molecular flexibility index (Phi) is 5.53. The predicted molar refractivity (Wildman–Crippen MR) is 117 cm³/mol. The zero-order valence-corrected chi connectivity index (χ0v) is 17.2. The molecular weight excluding hydrogens is 380 g/mol. The van der Waals surface area contributed by atoms with E-state index in [2.05, 4.69) is 27.5 Å². The highest BCUT2D eigenvalue weighted by Crippen LogP contribution is 2.22. The molecular formula is C23H22N4OS. The van der Waals surface area contributed by atoms with Gasteiger partial charge < -0.3 is 5.32 Å². The topological polar surface area (TPSA) is 59.8 Å². The molecule has 0 bridgehead atoms. The van der Waals surface area contributed by atoms with Crippen molar-refractivity contribution in [3.05, 3.63) is 93.7 Å². The second-order valence-corrected chi connectivity index (χ2v) is 7.92. The molecule has 4 rings (SSSR count). The van der Waals surface area contributed by atoms with Crippen LogP contribution in [0.15, 0.2) is 66.0 Å². The lowest BCUT2D eigenvalue weighted by molar-refractivity contribution is -0.115. The van der Waals surface area contributed by atoms with Crippen LogP contribution in [-0.2, 0) is 17.6 Å². The summed E-state index contributed by atoms with van der Waals surface area (Å²) in [6.45, 7) is 3.96. The Bertz CT molecular complexity index is 1130. The van der Waals surface area contributed by atoms with Crippen LogP contribution in [0.2, 0.25) is 0 Å². The second kappa shape index (κ2) is 8.41. The quantitative estimate of drug-likeness (QED) is 0.508. The molecule has 0 aliphatic rings. The smallest absolute Gasteiger partial charge is 0.230 e. The van der Waals surface area contributed by atoms with Gasteiger partial charge in [0.1, 0.15) is 0 Å². The second-order valence-electron chi connectivity index (χ2n) is 6.98. The minimum atomic E-state index is -0.0875. The maximum atomic E-state index is 12.6. The molecule has 0 radical (unpaired) electrons. The number of rotatable bonds is 6. The number of aryl methyl sites for hydroxylation is 2. The van der Waals surface area contributed by atoms with Crippen molar-refractivity contribution in [1.29, 1.82) is 0 Å². The van der Waals surface area contributed by atoms with Gasteiger partial charge in [-0.2, -0.15) is 5.10 Å². The third kappa shape index (κ3) is 4.60. The molecule has 1 amide bonds. The molecule has 0 fully saturated rings. The maximum absolute atomic E-state index is 12.6. The number of anilines is 1. The fourth-order valence-corrected chi connectivity index (χ4v) is 4.11. The van der Waals surface area contributed by atoms with Crippen LogP contribution in [0.1, 0.15) is 27.7 Å². The standard InChI is InChI=1S/C23H22N4OS/c1-16-12-17(2)27(26-16)21-11-7-6-10-20(21)25-22(28)14-19-15-29-23(24-19)13-18-8-4-3-5-9-18/h3-12,15H,13-14H2,1-2H3,(H,25,28). The monoisotopic (exact) mass is 402 g/mol. The van der Waals surface area contributed by atoms with E-state index in [9.17, 15) is 4.79 Å². The zero-order chi connectivity index (χ0) is 20.2. The third-order valence-corrected chi connectivity index (χ3v) is 5.45. The summed E-state index contributed by atoms with van der Waals surface area (Å²) in [5.74, 6) is -0.0875. The number of amides is 1. The van der Waals surface area contributed by atoms with Crippen LogP contribution < -0.4 is 5.32 Å². The first-order valence-electron chi connectivity index (χ1n) is 9.48. The molecule has 2 heterocycles. The summed E-state index contributed by atoms with van der Waals surface area (Å²) in [5.41, 5.74) is 5.57. The van der Waals surface area contributed by atoms with Gasteiger partial charge in [0.2, 0.25) is 5.91 Å². The first kappa shape index (κ1) is 19.1. The summed E-state index contributed by atoms with van der Waals surface area (Å²) in [4.78, 5) is 17.3. The van der Waals surface area contributed by atoms with Crippen LogP contribution in [0, 0.1) is 13.8 Å². The number of benzene rings is 2. The number of para-hydroxylation sites is 2. The summed E-state index contributed by atoms with van der Waals surface area (Å²) < 4.78 is 1.85. The number of hydrogen-bond donors (Lipinski definition) is 1. The molecule has 0 aliphatic carbocycles. The van der Waals surface area contributed by atoms with Crippen LogP contribution in [0.25, 0.3) is 5.69 Å². The molecule has 2 aromatic carbocycles. The van der Waals surface area contributed by atoms with Crippen molar-refractivity contribution in [2.75, 3.05) is 5.32 Å². The van der Waals surface area contributed by atoms with E-state index in [1.165, 1.54) is 5.56 Å². The van der Waals surface area contributed by atoms with Crippen molar-refractivity contribution in [3.8, 4) is 5.69 Å². The van der Waals surface area contributed by atoms with Crippen molar-refractivity contribution in [1.82, 2.24) is 14.8 Å². The number of nitrogens with zero attached hydrogens (tertiary/aromatic N) is 3. The Hall–Kier alpha value is -3.25. The zero-order valence-electron chi connectivity index (χ0n) is 16.4. The average Bonchev–Trinajstić information content (AvgIpc) is 3.28. The van der Waals surface area contributed by atoms with Gasteiger partial charge in [0.15, 0.2) is 0 Å². The summed E-state index contributed by atoms with van der Waals surface area (Å²) >= 11 is 1.59. The molecule has 0 unspecified atom stereocenters. The van der Waals surface area contributed by atoms with Crippen LogP contribution in [0.5, 0.6) is 0 Å². The Morgan fingerprint density at radius 3 is 2.59 bits per heavy atom. The minimum Gasteiger partial charge on any atom is -0.324 e. The highest BCUT2D eigenvalue weighted by atomic mass is 32.1. The fourth-order valence-electron chi connectivity index (χ4n) is 3.28. The van der Waals surface area contributed by atoms with E-state index in [4.69, 9.17) is 0 Å². The van der Waals surface area contributed by atoms with Crippen molar-refractivity contribution in [2.45, 2.75) is 26.7 Å². The van der Waals surface area contributed by atoms with Crippen LogP contribution in [-0.4, -0.2) is 20.7 Å². The summed E-state index contributed by atoms with van der Waals surface area (Å²) in [7, 11) is 0. The van der Waals surface area contributed by atoms with E-state index in [-0.39, 0.29) is 12.3 Å². The van der Waals surface area contributed by atoms with E-state index < -0.39 is 0 Å². The van der Waals surface area contributed by atoms with Gasteiger partial charge in [-0.1, -0.05) is 42.5 Å². The summed E-state index contributed by atoms with van der Waals surface area (Å²) in [5, 5.41) is 10.5. The Morgan fingerprint density at radius 1 is 1.07 bits per heavy atom. The van der Waals surface area contributed by atoms with Gasteiger partial charge >= 0.3 is 0 Å². The van der Waals surface area contributed by atoms with E-state index in [1.807, 2.05) is 72.4 Å². The van der Waals surface area contributed by atoms with Crippen LogP contribution in [0.4, 0.5) is 5.69 Å². The van der Waals surface area contributed by atoms with Crippen LogP contribution in [0.3, 0.4) is 0 Å². The first-order chi connectivity index (χ1) is 14.1. The van der Waals surface area contributed by atoms with Gasteiger partial charge in [0.05, 0.1) is 34.2 Å². The SMILES string of the molecule is Cc1cc(C)n(-c2ccccc2NC(=O)Cc2csc(Cc3ccccc3)n2)n1. The number of hydrogen-bond acceptors (Lipinski definition) is 4. The maximum Gasteiger partial charge on any atom is 0.230 e. The van der Waals surface area contributed by atoms with Crippen LogP contribution >= 0.6 is 11.3 Å². The summed E-state index contributed by atoms with van der Waals surface area (Å²) in [6, 6.07) is 19.9. The molecule has 4 aromatic rings. The minimum absolute atomic E-state index is 0.0875. The number of carbonyl (C=O) groups excluding carboxylic acids is 1. The van der Waals surface area contributed by atoms with E-state index in [0.717, 1.165) is 39.9 Å². The number of carbonyl (C=O) groups is 1. The highest BCUT2D eigenvalue weighted by Gasteiger charge is 2.13. The predicted octanol–water partition coefficient (Wildman–Crippen LogP) is 4.72. The van der Waals surface area contributed by atoms with E-state index in [0.29, 0.717) is 0 Å². The van der Waals surface area contributed by atoms with Gasteiger partial charge in [-0.15, -0.1) is 11.3 Å². The Morgan fingerprint density at radius 2 is 1.83 bits per heavy atom. The summed E-state index contributed by atoms with van der Waals surface area (Å²) in [6.07, 6.45) is 1.03. The third-order valence-electron chi connectivity index (χ3n) is 4.56. The van der Waals surface area contributed by atoms with E-state index in [1.54, 1.807) is 11.3 Å². The molecule has 29 heavy (non-hydrogen) atoms. The molecule has 5 nitrogen and oxygen atoms in total. The number of aromatic nitrogens is 3. The number of nitrogens with one attached hydrogen (secondary N) is 1. The highest BCUT2D eigenvalue weighted by molar-refractivity contribution is 7.09. The lowest BCUT2D eigenvalue weighted by Crippen LogP contribution is -2.16. The molecule has 0 spiro atoms. The normalized spacial score (nSPS) is 10.8. The molecule has 1 N–H and O–H groups in total. The fraction of sp³-hybridized carbons (Fsp3) is 0.174. The average molecular weight is 403 g/mol. The molecule has 2 aromatic heterocycles. The van der Waals surface area contributed by atoms with Gasteiger partial charge in [0.25, 0.3) is 0 Å². The Labute approximate surface area is 174 Å². The molecule has 0 atom stereocenters. The lowest BCUT2D eigenvalue weighted by atomic mass is 10.2. The van der Waals surface area contributed by atoms with Crippen molar-refractivity contribution < 1.29 is 4.79 Å². The van der Waals surface area contributed by atoms with E-state index >= 15 is 0 Å². The first-order valence-corrected chi connectivity index (χ1v) is 10.4. The van der Waals surface area contributed by atoms with Gasteiger partial charge in [-0.3, -0.25) is 4.79 Å². The molecule has 0 saturated heterocycles. The van der Waals surface area contributed by atoms with Crippen molar-refractivity contribution in [3.63, 3.8) is 0 Å². The largest absolute Gasteiger partial charge is 0.324 e. The van der Waals surface area contributed by atoms with Gasteiger partial charge in [0, 0.05) is 17.5 Å².